The minimum Gasteiger partial charge on any atom is -0.420 e. The van der Waals surface area contributed by atoms with Crippen LogP contribution in [0.15, 0.2) is 33.7 Å². The van der Waals surface area contributed by atoms with E-state index in [-0.39, 0.29) is 0 Å². The van der Waals surface area contributed by atoms with Crippen LogP contribution in [0.2, 0.25) is 5.02 Å². The minimum atomic E-state index is 0.442. The second kappa shape index (κ2) is 7.26. The first kappa shape index (κ1) is 17.5. The molecule has 0 spiro atoms. The standard InChI is InChI=1S/C18H15ClN4OS/c1-10-11(2)15(8-20)18(21-12(10)3)25-9-16-22-23-17(24-16)13-4-6-14(19)7-5-13/h4-7H,9H2,1-3H3. The van der Waals surface area contributed by atoms with Crippen molar-refractivity contribution >= 4 is 23.4 Å². The van der Waals surface area contributed by atoms with Gasteiger partial charge < -0.3 is 4.42 Å². The summed E-state index contributed by atoms with van der Waals surface area (Å²) in [7, 11) is 0. The van der Waals surface area contributed by atoms with Crippen LogP contribution in [0.4, 0.5) is 0 Å². The topological polar surface area (TPSA) is 75.6 Å². The molecule has 7 heteroatoms. The summed E-state index contributed by atoms with van der Waals surface area (Å²) < 4.78 is 5.69. The number of aryl methyl sites for hydroxylation is 1. The monoisotopic (exact) mass is 370 g/mol. The molecule has 0 unspecified atom stereocenters. The summed E-state index contributed by atoms with van der Waals surface area (Å²) in [5.74, 6) is 1.37. The first-order valence-electron chi connectivity index (χ1n) is 7.58. The fraction of sp³-hybridized carbons (Fsp3) is 0.222. The molecule has 0 bridgehead atoms. The van der Waals surface area contributed by atoms with E-state index in [9.17, 15) is 5.26 Å². The Hall–Kier alpha value is -2.36. The summed E-state index contributed by atoms with van der Waals surface area (Å²) in [6.45, 7) is 5.86. The third kappa shape index (κ3) is 3.68. The lowest BCUT2D eigenvalue weighted by Crippen LogP contribution is -1.99. The number of thioether (sulfide) groups is 1. The molecule has 5 nitrogen and oxygen atoms in total. The van der Waals surface area contributed by atoms with Crippen LogP contribution in [-0.2, 0) is 5.75 Å². The number of nitriles is 1. The van der Waals surface area contributed by atoms with Gasteiger partial charge in [-0.2, -0.15) is 5.26 Å². The van der Waals surface area contributed by atoms with Crippen LogP contribution >= 0.6 is 23.4 Å². The third-order valence-electron chi connectivity index (χ3n) is 3.97. The average molecular weight is 371 g/mol. The molecule has 2 aromatic heterocycles. The predicted molar refractivity (Wildman–Crippen MR) is 97.5 cm³/mol. The predicted octanol–water partition coefficient (Wildman–Crippen LogP) is 4.87. The highest BCUT2D eigenvalue weighted by molar-refractivity contribution is 7.98. The van der Waals surface area contributed by atoms with Gasteiger partial charge in [-0.25, -0.2) is 4.98 Å². The molecular formula is C18H15ClN4OS. The van der Waals surface area contributed by atoms with Gasteiger partial charge in [0.25, 0.3) is 0 Å². The molecule has 3 aromatic rings. The summed E-state index contributed by atoms with van der Waals surface area (Å²) in [4.78, 5) is 4.53. The van der Waals surface area contributed by atoms with Crippen molar-refractivity contribution in [3.8, 4) is 17.5 Å². The maximum absolute atomic E-state index is 9.42. The first-order valence-corrected chi connectivity index (χ1v) is 8.95. The second-order valence-corrected chi connectivity index (χ2v) is 6.94. The van der Waals surface area contributed by atoms with Crippen molar-refractivity contribution in [3.05, 3.63) is 57.6 Å². The molecule has 2 heterocycles. The van der Waals surface area contributed by atoms with Gasteiger partial charge in [0.1, 0.15) is 11.1 Å². The van der Waals surface area contributed by atoms with E-state index in [4.69, 9.17) is 16.0 Å². The van der Waals surface area contributed by atoms with Crippen molar-refractivity contribution in [1.29, 1.82) is 5.26 Å². The van der Waals surface area contributed by atoms with E-state index in [1.807, 2.05) is 32.9 Å². The van der Waals surface area contributed by atoms with Gasteiger partial charge in [0.2, 0.25) is 11.8 Å². The van der Waals surface area contributed by atoms with Gasteiger partial charge in [0, 0.05) is 16.3 Å². The maximum atomic E-state index is 9.42. The van der Waals surface area contributed by atoms with E-state index >= 15 is 0 Å². The summed E-state index contributed by atoms with van der Waals surface area (Å²) in [6.07, 6.45) is 0. The van der Waals surface area contributed by atoms with Crippen molar-refractivity contribution in [2.45, 2.75) is 31.6 Å². The lowest BCUT2D eigenvalue weighted by Gasteiger charge is -2.10. The van der Waals surface area contributed by atoms with Crippen molar-refractivity contribution in [1.82, 2.24) is 15.2 Å². The molecule has 0 radical (unpaired) electrons. The Morgan fingerprint density at radius 3 is 2.52 bits per heavy atom. The molecule has 0 aliphatic heterocycles. The Morgan fingerprint density at radius 2 is 1.84 bits per heavy atom. The molecule has 1 aromatic carbocycles. The molecule has 0 atom stereocenters. The number of pyridine rings is 1. The zero-order chi connectivity index (χ0) is 18.0. The largest absolute Gasteiger partial charge is 0.420 e. The number of hydrogen-bond acceptors (Lipinski definition) is 6. The van der Waals surface area contributed by atoms with Crippen LogP contribution in [0, 0.1) is 32.1 Å². The lowest BCUT2D eigenvalue weighted by molar-refractivity contribution is 0.528. The van der Waals surface area contributed by atoms with Gasteiger partial charge in [0.05, 0.1) is 11.3 Å². The maximum Gasteiger partial charge on any atom is 0.247 e. The molecule has 25 heavy (non-hydrogen) atoms. The Morgan fingerprint density at radius 1 is 1.12 bits per heavy atom. The molecular weight excluding hydrogens is 356 g/mol. The molecule has 0 saturated heterocycles. The molecule has 0 amide bonds. The van der Waals surface area contributed by atoms with Crippen molar-refractivity contribution in [3.63, 3.8) is 0 Å². The van der Waals surface area contributed by atoms with Crippen LogP contribution in [0.1, 0.15) is 28.3 Å². The number of hydrogen-bond donors (Lipinski definition) is 0. The van der Waals surface area contributed by atoms with Gasteiger partial charge in [-0.3, -0.25) is 0 Å². The molecule has 0 saturated carbocycles. The van der Waals surface area contributed by atoms with E-state index in [0.717, 1.165) is 22.4 Å². The molecule has 0 aliphatic rings. The zero-order valence-electron chi connectivity index (χ0n) is 14.0. The average Bonchev–Trinajstić information content (AvgIpc) is 3.07. The van der Waals surface area contributed by atoms with Gasteiger partial charge in [-0.05, 0) is 56.2 Å². The van der Waals surface area contributed by atoms with Crippen LogP contribution < -0.4 is 0 Å². The van der Waals surface area contributed by atoms with E-state index in [1.165, 1.54) is 11.8 Å². The highest BCUT2D eigenvalue weighted by Crippen LogP contribution is 2.29. The normalized spacial score (nSPS) is 10.7. The van der Waals surface area contributed by atoms with Gasteiger partial charge in [-0.15, -0.1) is 10.2 Å². The fourth-order valence-corrected chi connectivity index (χ4v) is 3.35. The van der Waals surface area contributed by atoms with Crippen LogP contribution in [0.25, 0.3) is 11.5 Å². The smallest absolute Gasteiger partial charge is 0.247 e. The van der Waals surface area contributed by atoms with E-state index in [0.29, 0.717) is 33.1 Å². The van der Waals surface area contributed by atoms with Crippen LogP contribution in [0.5, 0.6) is 0 Å². The Bertz CT molecular complexity index is 960. The first-order chi connectivity index (χ1) is 12.0. The molecule has 0 aliphatic carbocycles. The fourth-order valence-electron chi connectivity index (χ4n) is 2.30. The quantitative estimate of drug-likeness (QED) is 0.609. The zero-order valence-corrected chi connectivity index (χ0v) is 15.6. The van der Waals surface area contributed by atoms with Gasteiger partial charge >= 0.3 is 0 Å². The van der Waals surface area contributed by atoms with Crippen molar-refractivity contribution in [2.24, 2.45) is 0 Å². The van der Waals surface area contributed by atoms with E-state index in [2.05, 4.69) is 21.3 Å². The molecule has 126 valence electrons. The van der Waals surface area contributed by atoms with Crippen LogP contribution in [0.3, 0.4) is 0 Å². The highest BCUT2D eigenvalue weighted by atomic mass is 35.5. The second-order valence-electron chi connectivity index (χ2n) is 5.54. The molecule has 0 N–H and O–H groups in total. The van der Waals surface area contributed by atoms with E-state index in [1.54, 1.807) is 12.1 Å². The third-order valence-corrected chi connectivity index (χ3v) is 5.18. The van der Waals surface area contributed by atoms with Crippen molar-refractivity contribution < 1.29 is 4.42 Å². The summed E-state index contributed by atoms with van der Waals surface area (Å²) in [5.41, 5.74) is 4.34. The summed E-state index contributed by atoms with van der Waals surface area (Å²) in [6, 6.07) is 9.45. The number of nitrogens with zero attached hydrogens (tertiary/aromatic N) is 4. The SMILES string of the molecule is Cc1nc(SCc2nnc(-c3ccc(Cl)cc3)o2)c(C#N)c(C)c1C. The number of benzene rings is 1. The minimum absolute atomic E-state index is 0.442. The number of aromatic nitrogens is 3. The molecule has 0 fully saturated rings. The Balaban J connectivity index is 1.79. The Labute approximate surface area is 155 Å². The van der Waals surface area contributed by atoms with Gasteiger partial charge in [0.15, 0.2) is 0 Å². The summed E-state index contributed by atoms with van der Waals surface area (Å²) >= 11 is 7.31. The Kier molecular flexibility index (Phi) is 5.07. The van der Waals surface area contributed by atoms with Crippen LogP contribution in [-0.4, -0.2) is 15.2 Å². The van der Waals surface area contributed by atoms with Crippen molar-refractivity contribution in [2.75, 3.05) is 0 Å². The van der Waals surface area contributed by atoms with Gasteiger partial charge in [-0.1, -0.05) is 23.4 Å². The van der Waals surface area contributed by atoms with E-state index < -0.39 is 0 Å². The lowest BCUT2D eigenvalue weighted by atomic mass is 10.1. The summed E-state index contributed by atoms with van der Waals surface area (Å²) in [5, 5.41) is 18.9. The highest BCUT2D eigenvalue weighted by Gasteiger charge is 2.15. The number of halogens is 1. The number of rotatable bonds is 4. The molecule has 3 rings (SSSR count).